The highest BCUT2D eigenvalue weighted by atomic mass is 16.3. The summed E-state index contributed by atoms with van der Waals surface area (Å²) < 4.78 is 0. The summed E-state index contributed by atoms with van der Waals surface area (Å²) in [5.74, 6) is 1.04. The van der Waals surface area contributed by atoms with Gasteiger partial charge in [-0.3, -0.25) is 4.79 Å². The first-order valence-electron chi connectivity index (χ1n) is 8.88. The lowest BCUT2D eigenvalue weighted by atomic mass is 9.42. The molecule has 128 valence electrons. The molecule has 3 heteroatoms. The highest BCUT2D eigenvalue weighted by Crippen LogP contribution is 2.63. The fourth-order valence-corrected chi connectivity index (χ4v) is 6.27. The Balaban J connectivity index is 2.07. The largest absolute Gasteiger partial charge is 0.390 e. The highest BCUT2D eigenvalue weighted by Gasteiger charge is 2.62. The molecular formula is C20H30O3. The summed E-state index contributed by atoms with van der Waals surface area (Å²) in [7, 11) is 0. The molecule has 0 amide bonds. The van der Waals surface area contributed by atoms with Gasteiger partial charge >= 0.3 is 0 Å². The van der Waals surface area contributed by atoms with Gasteiger partial charge in [0.2, 0.25) is 0 Å². The normalized spacial score (nSPS) is 49.0. The van der Waals surface area contributed by atoms with Crippen LogP contribution in [0.3, 0.4) is 0 Å². The molecule has 0 heterocycles. The molecule has 2 saturated carbocycles. The molecule has 3 rings (SSSR count). The SMILES string of the molecule is C=CC1=CC(=O)[C@@H]2C(CC[C@@H]3C(C)(C)[C@H](O)[C@H](O)C[C@@]23C)[C@@H]1C. The molecule has 0 aromatic heterocycles. The van der Waals surface area contributed by atoms with Crippen LogP contribution < -0.4 is 0 Å². The lowest BCUT2D eigenvalue weighted by Gasteiger charge is -2.62. The van der Waals surface area contributed by atoms with Crippen molar-refractivity contribution in [1.29, 1.82) is 0 Å². The Hall–Kier alpha value is -0.930. The molecule has 1 unspecified atom stereocenters. The number of carbonyl (C=O) groups is 1. The second kappa shape index (κ2) is 5.29. The Kier molecular flexibility index (Phi) is 3.89. The maximum absolute atomic E-state index is 12.9. The molecule has 7 atom stereocenters. The van der Waals surface area contributed by atoms with Crippen LogP contribution in [0, 0.1) is 34.5 Å². The zero-order valence-corrected chi connectivity index (χ0v) is 14.7. The summed E-state index contributed by atoms with van der Waals surface area (Å²) in [5.41, 5.74) is 0.428. The summed E-state index contributed by atoms with van der Waals surface area (Å²) in [6, 6.07) is 0. The van der Waals surface area contributed by atoms with E-state index in [9.17, 15) is 15.0 Å². The molecular weight excluding hydrogens is 288 g/mol. The van der Waals surface area contributed by atoms with Gasteiger partial charge in [0.05, 0.1) is 12.2 Å². The van der Waals surface area contributed by atoms with Crippen molar-refractivity contribution >= 4 is 5.78 Å². The maximum Gasteiger partial charge on any atom is 0.159 e. The fourth-order valence-electron chi connectivity index (χ4n) is 6.27. The van der Waals surface area contributed by atoms with Gasteiger partial charge in [0.25, 0.3) is 0 Å². The summed E-state index contributed by atoms with van der Waals surface area (Å²) in [6.45, 7) is 12.3. The van der Waals surface area contributed by atoms with Crippen LogP contribution in [-0.2, 0) is 4.79 Å². The maximum atomic E-state index is 12.9. The number of allylic oxidation sites excluding steroid dienone is 3. The molecule has 2 fully saturated rings. The second-order valence-electron chi connectivity index (χ2n) is 8.85. The fraction of sp³-hybridized carbons (Fsp3) is 0.750. The highest BCUT2D eigenvalue weighted by molar-refractivity contribution is 5.95. The molecule has 2 N–H and O–H groups in total. The van der Waals surface area contributed by atoms with E-state index in [1.54, 1.807) is 6.08 Å². The summed E-state index contributed by atoms with van der Waals surface area (Å²) >= 11 is 0. The number of fused-ring (bicyclic) bond motifs is 3. The van der Waals surface area contributed by atoms with Crippen molar-refractivity contribution in [3.63, 3.8) is 0 Å². The van der Waals surface area contributed by atoms with Crippen LogP contribution in [-0.4, -0.2) is 28.2 Å². The smallest absolute Gasteiger partial charge is 0.159 e. The molecule has 0 aromatic carbocycles. The molecule has 0 saturated heterocycles. The summed E-state index contributed by atoms with van der Waals surface area (Å²) in [5, 5.41) is 21.0. The molecule has 0 spiro atoms. The minimum Gasteiger partial charge on any atom is -0.390 e. The first-order chi connectivity index (χ1) is 10.6. The number of hydrogen-bond donors (Lipinski definition) is 2. The Labute approximate surface area is 139 Å². The second-order valence-corrected chi connectivity index (χ2v) is 8.85. The first-order valence-corrected chi connectivity index (χ1v) is 8.88. The lowest BCUT2D eigenvalue weighted by molar-refractivity contribution is -0.200. The van der Waals surface area contributed by atoms with Gasteiger partial charge in [-0.25, -0.2) is 0 Å². The van der Waals surface area contributed by atoms with E-state index in [1.807, 2.05) is 19.9 Å². The summed E-state index contributed by atoms with van der Waals surface area (Å²) in [6.07, 6.45) is 4.66. The first kappa shape index (κ1) is 16.9. The van der Waals surface area contributed by atoms with Crippen LogP contribution in [0.5, 0.6) is 0 Å². The van der Waals surface area contributed by atoms with Crippen LogP contribution in [0.2, 0.25) is 0 Å². The Morgan fingerprint density at radius 2 is 1.91 bits per heavy atom. The molecule has 3 nitrogen and oxygen atoms in total. The van der Waals surface area contributed by atoms with E-state index in [-0.39, 0.29) is 28.4 Å². The van der Waals surface area contributed by atoms with Gasteiger partial charge < -0.3 is 10.2 Å². The zero-order chi connectivity index (χ0) is 17.2. The van der Waals surface area contributed by atoms with Gasteiger partial charge in [0.15, 0.2) is 5.78 Å². The molecule has 0 aliphatic heterocycles. The van der Waals surface area contributed by atoms with Crippen molar-refractivity contribution in [3.05, 3.63) is 24.3 Å². The van der Waals surface area contributed by atoms with E-state index in [4.69, 9.17) is 0 Å². The third kappa shape index (κ3) is 2.20. The van der Waals surface area contributed by atoms with E-state index in [0.29, 0.717) is 18.3 Å². The van der Waals surface area contributed by atoms with Crippen LogP contribution in [0.15, 0.2) is 24.3 Å². The third-order valence-corrected chi connectivity index (χ3v) is 7.42. The van der Waals surface area contributed by atoms with Crippen molar-refractivity contribution in [2.24, 2.45) is 34.5 Å². The number of aliphatic hydroxyl groups excluding tert-OH is 2. The van der Waals surface area contributed by atoms with E-state index in [1.165, 1.54) is 0 Å². The minimum absolute atomic E-state index is 0.0543. The standard InChI is InChI=1S/C20H30O3/c1-6-12-9-14(21)17-13(11(12)2)7-8-16-19(3,4)18(23)15(22)10-20(16,17)5/h6,9,11,13,15-18,22-23H,1,7-8,10H2,2-5H3/t11-,13?,15-,16-,17+,18-,20-/m1/s1. The topological polar surface area (TPSA) is 57.5 Å². The van der Waals surface area contributed by atoms with E-state index in [0.717, 1.165) is 18.4 Å². The van der Waals surface area contributed by atoms with Crippen molar-refractivity contribution in [2.75, 3.05) is 0 Å². The molecule has 3 aliphatic rings. The molecule has 3 aliphatic carbocycles. The average Bonchev–Trinajstić information content (AvgIpc) is 2.47. The Bertz CT molecular complexity index is 561. The van der Waals surface area contributed by atoms with Gasteiger partial charge in [-0.1, -0.05) is 40.3 Å². The summed E-state index contributed by atoms with van der Waals surface area (Å²) in [4.78, 5) is 12.9. The molecule has 0 bridgehead atoms. The van der Waals surface area contributed by atoms with Crippen molar-refractivity contribution in [3.8, 4) is 0 Å². The van der Waals surface area contributed by atoms with Crippen molar-refractivity contribution in [1.82, 2.24) is 0 Å². The Morgan fingerprint density at radius 3 is 2.52 bits per heavy atom. The molecule has 0 aromatic rings. The molecule has 0 radical (unpaired) electrons. The van der Waals surface area contributed by atoms with Crippen molar-refractivity contribution in [2.45, 2.75) is 59.2 Å². The Morgan fingerprint density at radius 1 is 1.26 bits per heavy atom. The van der Waals surface area contributed by atoms with Crippen LogP contribution in [0.4, 0.5) is 0 Å². The third-order valence-electron chi connectivity index (χ3n) is 7.42. The van der Waals surface area contributed by atoms with E-state index >= 15 is 0 Å². The van der Waals surface area contributed by atoms with Gasteiger partial charge in [0.1, 0.15) is 0 Å². The quantitative estimate of drug-likeness (QED) is 0.781. The van der Waals surface area contributed by atoms with Gasteiger partial charge in [-0.15, -0.1) is 0 Å². The average molecular weight is 318 g/mol. The van der Waals surface area contributed by atoms with Crippen LogP contribution in [0.25, 0.3) is 0 Å². The zero-order valence-electron chi connectivity index (χ0n) is 14.7. The number of rotatable bonds is 1. The van der Waals surface area contributed by atoms with Crippen LogP contribution in [0.1, 0.15) is 47.0 Å². The number of hydrogen-bond acceptors (Lipinski definition) is 3. The van der Waals surface area contributed by atoms with Gasteiger partial charge in [-0.2, -0.15) is 0 Å². The number of ketones is 1. The monoisotopic (exact) mass is 318 g/mol. The van der Waals surface area contributed by atoms with E-state index in [2.05, 4.69) is 20.4 Å². The van der Waals surface area contributed by atoms with Gasteiger partial charge in [0, 0.05) is 5.92 Å². The van der Waals surface area contributed by atoms with Gasteiger partial charge in [-0.05, 0) is 59.5 Å². The predicted octanol–water partition coefficient (Wildman–Crippen LogP) is 3.12. The minimum atomic E-state index is -0.752. The lowest BCUT2D eigenvalue weighted by Crippen LogP contribution is -2.63. The molecule has 23 heavy (non-hydrogen) atoms. The number of aliphatic hydroxyl groups is 2. The van der Waals surface area contributed by atoms with Crippen LogP contribution >= 0.6 is 0 Å². The van der Waals surface area contributed by atoms with E-state index < -0.39 is 12.2 Å². The number of carbonyl (C=O) groups excluding carboxylic acids is 1. The predicted molar refractivity (Wildman–Crippen MR) is 90.7 cm³/mol. The van der Waals surface area contributed by atoms with Crippen molar-refractivity contribution < 1.29 is 15.0 Å².